The van der Waals surface area contributed by atoms with E-state index >= 15 is 0 Å². The van der Waals surface area contributed by atoms with Crippen LogP contribution in [0.15, 0.2) is 18.2 Å². The summed E-state index contributed by atoms with van der Waals surface area (Å²) in [7, 11) is 0. The molecule has 1 aliphatic heterocycles. The van der Waals surface area contributed by atoms with Crippen molar-refractivity contribution in [1.29, 1.82) is 0 Å². The minimum Gasteiger partial charge on any atom is -0.478 e. The first-order chi connectivity index (χ1) is 9.29. The molecule has 1 heterocycles. The molecule has 1 amide bonds. The van der Waals surface area contributed by atoms with E-state index in [0.717, 1.165) is 12.1 Å². The van der Waals surface area contributed by atoms with Crippen LogP contribution < -0.4 is 4.90 Å². The standard InChI is InChI=1S/C13H12F3NO3/c14-13(15,16)9-5-8(12(19)20)6-10(7-9)17-4-2-1-3-11(17)18/h5-7H,1-4H2,(H,19,20). The molecular formula is C13H12F3NO3. The fourth-order valence-electron chi connectivity index (χ4n) is 2.13. The maximum absolute atomic E-state index is 12.8. The van der Waals surface area contributed by atoms with Gasteiger partial charge in [0.1, 0.15) is 0 Å². The number of carbonyl (C=O) groups is 2. The Hall–Kier alpha value is -2.05. The predicted molar refractivity (Wildman–Crippen MR) is 64.6 cm³/mol. The van der Waals surface area contributed by atoms with Crippen LogP contribution in [0.25, 0.3) is 0 Å². The SMILES string of the molecule is O=C(O)c1cc(N2CCCCC2=O)cc(C(F)(F)F)c1. The lowest BCUT2D eigenvalue weighted by Gasteiger charge is -2.27. The van der Waals surface area contributed by atoms with Gasteiger partial charge in [-0.2, -0.15) is 13.2 Å². The highest BCUT2D eigenvalue weighted by molar-refractivity contribution is 5.96. The fraction of sp³-hybridized carbons (Fsp3) is 0.385. The molecular weight excluding hydrogens is 275 g/mol. The maximum atomic E-state index is 12.8. The summed E-state index contributed by atoms with van der Waals surface area (Å²) in [4.78, 5) is 23.9. The average molecular weight is 287 g/mol. The normalized spacial score (nSPS) is 16.4. The zero-order valence-electron chi connectivity index (χ0n) is 10.4. The van der Waals surface area contributed by atoms with E-state index in [4.69, 9.17) is 5.11 Å². The van der Waals surface area contributed by atoms with Crippen molar-refractivity contribution in [3.63, 3.8) is 0 Å². The molecule has 0 atom stereocenters. The Balaban J connectivity index is 2.49. The van der Waals surface area contributed by atoms with Crippen molar-refractivity contribution in [3.8, 4) is 0 Å². The molecule has 20 heavy (non-hydrogen) atoms. The number of amides is 1. The summed E-state index contributed by atoms with van der Waals surface area (Å²) in [5.74, 6) is -1.74. The van der Waals surface area contributed by atoms with E-state index in [9.17, 15) is 22.8 Å². The minimum absolute atomic E-state index is 0.0121. The van der Waals surface area contributed by atoms with Gasteiger partial charge >= 0.3 is 12.1 Å². The van der Waals surface area contributed by atoms with Gasteiger partial charge in [-0.1, -0.05) is 0 Å². The average Bonchev–Trinajstić information content (AvgIpc) is 2.37. The topological polar surface area (TPSA) is 57.6 Å². The zero-order chi connectivity index (χ0) is 14.9. The Morgan fingerprint density at radius 3 is 2.45 bits per heavy atom. The van der Waals surface area contributed by atoms with Crippen LogP contribution in [-0.4, -0.2) is 23.5 Å². The molecule has 0 bridgehead atoms. The Kier molecular flexibility index (Phi) is 3.69. The Morgan fingerprint density at radius 1 is 1.20 bits per heavy atom. The highest BCUT2D eigenvalue weighted by Gasteiger charge is 2.33. The minimum atomic E-state index is -4.65. The first-order valence-corrected chi connectivity index (χ1v) is 6.05. The van der Waals surface area contributed by atoms with E-state index in [1.165, 1.54) is 4.90 Å². The molecule has 1 aromatic carbocycles. The molecule has 0 saturated carbocycles. The fourth-order valence-corrected chi connectivity index (χ4v) is 2.13. The van der Waals surface area contributed by atoms with Crippen LogP contribution in [0, 0.1) is 0 Å². The summed E-state index contributed by atoms with van der Waals surface area (Å²) in [6, 6.07) is 2.48. The van der Waals surface area contributed by atoms with Gasteiger partial charge in [-0.25, -0.2) is 4.79 Å². The molecule has 1 saturated heterocycles. The van der Waals surface area contributed by atoms with Gasteiger partial charge in [0, 0.05) is 18.7 Å². The number of alkyl halides is 3. The van der Waals surface area contributed by atoms with Crippen molar-refractivity contribution in [1.82, 2.24) is 0 Å². The summed E-state index contributed by atoms with van der Waals surface area (Å²) >= 11 is 0. The van der Waals surface area contributed by atoms with Crippen LogP contribution in [0.3, 0.4) is 0 Å². The van der Waals surface area contributed by atoms with Crippen molar-refractivity contribution in [2.24, 2.45) is 0 Å². The summed E-state index contributed by atoms with van der Waals surface area (Å²) in [5.41, 5.74) is -1.55. The lowest BCUT2D eigenvalue weighted by molar-refractivity contribution is -0.137. The Bertz CT molecular complexity index is 554. The second-order valence-corrected chi connectivity index (χ2v) is 4.57. The monoisotopic (exact) mass is 287 g/mol. The van der Waals surface area contributed by atoms with E-state index in [2.05, 4.69) is 0 Å². The highest BCUT2D eigenvalue weighted by atomic mass is 19.4. The van der Waals surface area contributed by atoms with E-state index < -0.39 is 23.3 Å². The van der Waals surface area contributed by atoms with E-state index in [0.29, 0.717) is 25.5 Å². The summed E-state index contributed by atoms with van der Waals surface area (Å²) < 4.78 is 38.3. The molecule has 0 radical (unpaired) electrons. The van der Waals surface area contributed by atoms with Gasteiger partial charge in [0.05, 0.1) is 11.1 Å². The first-order valence-electron chi connectivity index (χ1n) is 6.05. The molecule has 1 fully saturated rings. The summed E-state index contributed by atoms with van der Waals surface area (Å²) in [6.07, 6.45) is -3.01. The van der Waals surface area contributed by atoms with E-state index in [1.54, 1.807) is 0 Å². The number of hydrogen-bond acceptors (Lipinski definition) is 2. The highest BCUT2D eigenvalue weighted by Crippen LogP contribution is 2.34. The van der Waals surface area contributed by atoms with Crippen LogP contribution in [0.5, 0.6) is 0 Å². The van der Waals surface area contributed by atoms with Gasteiger partial charge in [0.15, 0.2) is 0 Å². The molecule has 1 aromatic rings. The quantitative estimate of drug-likeness (QED) is 0.909. The van der Waals surface area contributed by atoms with Crippen molar-refractivity contribution in [3.05, 3.63) is 29.3 Å². The number of carboxylic acids is 1. The third-order valence-electron chi connectivity index (χ3n) is 3.13. The number of piperidine rings is 1. The van der Waals surface area contributed by atoms with Gasteiger partial charge in [0.25, 0.3) is 0 Å². The number of aromatic carboxylic acids is 1. The number of carbonyl (C=O) groups excluding carboxylic acids is 1. The van der Waals surface area contributed by atoms with Crippen LogP contribution >= 0.6 is 0 Å². The van der Waals surface area contributed by atoms with Crippen molar-refractivity contribution >= 4 is 17.6 Å². The number of halogens is 3. The molecule has 1 N–H and O–H groups in total. The molecule has 0 aliphatic carbocycles. The third-order valence-corrected chi connectivity index (χ3v) is 3.13. The van der Waals surface area contributed by atoms with Crippen LogP contribution in [0.1, 0.15) is 35.2 Å². The lowest BCUT2D eigenvalue weighted by atomic mass is 10.0. The molecule has 4 nitrogen and oxygen atoms in total. The Labute approximate surface area is 112 Å². The molecule has 2 rings (SSSR count). The molecule has 0 spiro atoms. The molecule has 0 aromatic heterocycles. The third kappa shape index (κ3) is 2.92. The van der Waals surface area contributed by atoms with E-state index in [-0.39, 0.29) is 18.0 Å². The lowest BCUT2D eigenvalue weighted by Crippen LogP contribution is -2.35. The van der Waals surface area contributed by atoms with Gasteiger partial charge in [-0.3, -0.25) is 4.79 Å². The summed E-state index contributed by atoms with van der Waals surface area (Å²) in [6.45, 7) is 0.305. The van der Waals surface area contributed by atoms with Gasteiger partial charge < -0.3 is 10.0 Å². The Morgan fingerprint density at radius 2 is 1.90 bits per heavy atom. The molecule has 108 valence electrons. The number of benzene rings is 1. The van der Waals surface area contributed by atoms with Crippen LogP contribution in [-0.2, 0) is 11.0 Å². The second kappa shape index (κ2) is 5.15. The van der Waals surface area contributed by atoms with Gasteiger partial charge in [-0.05, 0) is 31.0 Å². The summed E-state index contributed by atoms with van der Waals surface area (Å²) in [5, 5.41) is 8.89. The van der Waals surface area contributed by atoms with Gasteiger partial charge in [-0.15, -0.1) is 0 Å². The van der Waals surface area contributed by atoms with E-state index in [1.807, 2.05) is 0 Å². The van der Waals surface area contributed by atoms with Crippen LogP contribution in [0.2, 0.25) is 0 Å². The largest absolute Gasteiger partial charge is 0.478 e. The molecule has 7 heteroatoms. The molecule has 0 unspecified atom stereocenters. The number of hydrogen-bond donors (Lipinski definition) is 1. The number of carboxylic acid groups (broad SMARTS) is 1. The zero-order valence-corrected chi connectivity index (χ0v) is 10.4. The van der Waals surface area contributed by atoms with Crippen molar-refractivity contribution in [2.45, 2.75) is 25.4 Å². The van der Waals surface area contributed by atoms with Crippen LogP contribution in [0.4, 0.5) is 18.9 Å². The maximum Gasteiger partial charge on any atom is 0.416 e. The number of rotatable bonds is 2. The second-order valence-electron chi connectivity index (χ2n) is 4.57. The smallest absolute Gasteiger partial charge is 0.416 e. The number of anilines is 1. The first kappa shape index (κ1) is 14.4. The predicted octanol–water partition coefficient (Wildman–Crippen LogP) is 2.92. The van der Waals surface area contributed by atoms with Gasteiger partial charge in [0.2, 0.25) is 5.91 Å². The van der Waals surface area contributed by atoms with Crippen molar-refractivity contribution < 1.29 is 27.9 Å². The van der Waals surface area contributed by atoms with Crippen molar-refractivity contribution in [2.75, 3.05) is 11.4 Å². The number of nitrogens with zero attached hydrogens (tertiary/aromatic N) is 1. The molecule has 1 aliphatic rings.